The summed E-state index contributed by atoms with van der Waals surface area (Å²) in [7, 11) is 1.60. The van der Waals surface area contributed by atoms with Gasteiger partial charge in [0.2, 0.25) is 0 Å². The summed E-state index contributed by atoms with van der Waals surface area (Å²) in [5.41, 5.74) is 2.46. The first-order valence-corrected chi connectivity index (χ1v) is 6.98. The molecular weight excluding hydrogens is 242 g/mol. The number of nitrogens with one attached hydrogen (secondary N) is 1. The largest absolute Gasteiger partial charge is 0.391 e. The van der Waals surface area contributed by atoms with Gasteiger partial charge >= 0.3 is 0 Å². The van der Waals surface area contributed by atoms with Crippen LogP contribution < -0.4 is 5.32 Å². The molecule has 0 aromatic carbocycles. The molecule has 1 atom stereocenters. The molecular formula is C14H23N3O2. The molecule has 0 saturated carbocycles. The average molecular weight is 265 g/mol. The first-order chi connectivity index (χ1) is 9.20. The zero-order valence-corrected chi connectivity index (χ0v) is 11.8. The maximum Gasteiger partial charge on any atom is 0.133 e. The van der Waals surface area contributed by atoms with Crippen LogP contribution in [0.1, 0.15) is 36.3 Å². The van der Waals surface area contributed by atoms with Crippen LogP contribution in [-0.2, 0) is 17.6 Å². The van der Waals surface area contributed by atoms with Gasteiger partial charge in [0.05, 0.1) is 12.7 Å². The Bertz CT molecular complexity index is 423. The molecule has 0 fully saturated rings. The Hall–Kier alpha value is -1.20. The molecule has 0 bridgehead atoms. The van der Waals surface area contributed by atoms with Crippen LogP contribution in [0.5, 0.6) is 0 Å². The molecule has 0 aliphatic heterocycles. The fourth-order valence-electron chi connectivity index (χ4n) is 2.50. The number of nitrogens with zero attached hydrogens (tertiary/aromatic N) is 2. The van der Waals surface area contributed by atoms with Crippen molar-refractivity contribution in [2.24, 2.45) is 0 Å². The molecule has 1 aliphatic carbocycles. The van der Waals surface area contributed by atoms with Crippen LogP contribution in [0.25, 0.3) is 0 Å². The van der Waals surface area contributed by atoms with E-state index >= 15 is 0 Å². The molecule has 19 heavy (non-hydrogen) atoms. The average Bonchev–Trinajstić information content (AvgIpc) is 2.38. The lowest BCUT2D eigenvalue weighted by Crippen LogP contribution is -2.20. The topological polar surface area (TPSA) is 67.3 Å². The Morgan fingerprint density at radius 3 is 2.89 bits per heavy atom. The Balaban J connectivity index is 1.98. The minimum atomic E-state index is -0.420. The van der Waals surface area contributed by atoms with Crippen molar-refractivity contribution in [3.8, 4) is 0 Å². The molecule has 2 N–H and O–H groups in total. The highest BCUT2D eigenvalue weighted by molar-refractivity contribution is 5.47. The van der Waals surface area contributed by atoms with Gasteiger partial charge in [-0.25, -0.2) is 9.97 Å². The van der Waals surface area contributed by atoms with Gasteiger partial charge in [0.1, 0.15) is 11.6 Å². The molecule has 1 aromatic rings. The number of hydrogen-bond donors (Lipinski definition) is 2. The normalized spacial score (nSPS) is 15.9. The highest BCUT2D eigenvalue weighted by Crippen LogP contribution is 2.25. The molecule has 5 heteroatoms. The van der Waals surface area contributed by atoms with Crippen LogP contribution in [0.15, 0.2) is 0 Å². The third kappa shape index (κ3) is 3.88. The summed E-state index contributed by atoms with van der Waals surface area (Å²) < 4.78 is 4.91. The van der Waals surface area contributed by atoms with Crippen LogP contribution >= 0.6 is 0 Å². The van der Waals surface area contributed by atoms with Crippen LogP contribution in [0.2, 0.25) is 0 Å². The molecule has 0 amide bonds. The molecule has 0 spiro atoms. The fourth-order valence-corrected chi connectivity index (χ4v) is 2.50. The predicted octanol–water partition coefficient (Wildman–Crippen LogP) is 1.47. The Morgan fingerprint density at radius 2 is 2.11 bits per heavy atom. The molecule has 106 valence electrons. The monoisotopic (exact) mass is 265 g/mol. The van der Waals surface area contributed by atoms with Gasteiger partial charge in [0, 0.05) is 24.9 Å². The number of fused-ring (bicyclic) bond motifs is 1. The van der Waals surface area contributed by atoms with Crippen LogP contribution in [-0.4, -0.2) is 41.4 Å². The second kappa shape index (κ2) is 6.82. The molecule has 0 saturated heterocycles. The lowest BCUT2D eigenvalue weighted by molar-refractivity contribution is 0.0615. The summed E-state index contributed by atoms with van der Waals surface area (Å²) in [5.74, 6) is 1.77. The Labute approximate surface area is 114 Å². The van der Waals surface area contributed by atoms with Gasteiger partial charge in [0.15, 0.2) is 0 Å². The predicted molar refractivity (Wildman–Crippen MR) is 74.4 cm³/mol. The number of aliphatic hydroxyl groups is 1. The maximum atomic E-state index is 9.62. The second-order valence-electron chi connectivity index (χ2n) is 5.08. The third-order valence-electron chi connectivity index (χ3n) is 3.42. The number of aliphatic hydroxyl groups excluding tert-OH is 1. The number of aromatic nitrogens is 2. The number of aryl methyl sites for hydroxylation is 2. The molecule has 1 unspecified atom stereocenters. The highest BCUT2D eigenvalue weighted by atomic mass is 16.5. The van der Waals surface area contributed by atoms with E-state index in [4.69, 9.17) is 4.74 Å². The SMILES string of the molecule is COCC(O)CCNc1nc(C)nc2c1CCCC2. The van der Waals surface area contributed by atoms with Gasteiger partial charge in [-0.15, -0.1) is 0 Å². The molecule has 1 aromatic heterocycles. The van der Waals surface area contributed by atoms with E-state index in [1.54, 1.807) is 7.11 Å². The molecule has 1 aliphatic rings. The van der Waals surface area contributed by atoms with Crippen molar-refractivity contribution in [2.45, 2.75) is 45.1 Å². The zero-order valence-electron chi connectivity index (χ0n) is 11.8. The van der Waals surface area contributed by atoms with E-state index in [2.05, 4.69) is 15.3 Å². The third-order valence-corrected chi connectivity index (χ3v) is 3.42. The zero-order chi connectivity index (χ0) is 13.7. The number of ether oxygens (including phenoxy) is 1. The summed E-state index contributed by atoms with van der Waals surface area (Å²) in [6.07, 6.45) is 4.77. The van der Waals surface area contributed by atoms with E-state index in [1.165, 1.54) is 24.1 Å². The van der Waals surface area contributed by atoms with Crippen molar-refractivity contribution in [3.05, 3.63) is 17.1 Å². The summed E-state index contributed by atoms with van der Waals surface area (Å²) in [4.78, 5) is 9.02. The van der Waals surface area contributed by atoms with Crippen LogP contribution in [0.4, 0.5) is 5.82 Å². The number of hydrogen-bond acceptors (Lipinski definition) is 5. The van der Waals surface area contributed by atoms with E-state index < -0.39 is 6.10 Å². The number of anilines is 1. The Morgan fingerprint density at radius 1 is 1.32 bits per heavy atom. The minimum absolute atomic E-state index is 0.378. The van der Waals surface area contributed by atoms with E-state index in [0.29, 0.717) is 19.6 Å². The first kappa shape index (κ1) is 14.2. The van der Waals surface area contributed by atoms with Gasteiger partial charge in [-0.05, 0) is 39.0 Å². The van der Waals surface area contributed by atoms with Crippen LogP contribution in [0, 0.1) is 6.92 Å². The highest BCUT2D eigenvalue weighted by Gasteiger charge is 2.16. The lowest BCUT2D eigenvalue weighted by atomic mass is 9.96. The van der Waals surface area contributed by atoms with Gasteiger partial charge in [-0.3, -0.25) is 0 Å². The lowest BCUT2D eigenvalue weighted by Gasteiger charge is -2.19. The smallest absolute Gasteiger partial charge is 0.133 e. The van der Waals surface area contributed by atoms with Crippen molar-refractivity contribution in [1.29, 1.82) is 0 Å². The van der Waals surface area contributed by atoms with Crippen molar-refractivity contribution >= 4 is 5.82 Å². The fraction of sp³-hybridized carbons (Fsp3) is 0.714. The van der Waals surface area contributed by atoms with Crippen LogP contribution in [0.3, 0.4) is 0 Å². The summed E-state index contributed by atoms with van der Waals surface area (Å²) in [5, 5.41) is 13.0. The molecule has 0 radical (unpaired) electrons. The standard InChI is InChI=1S/C14H23N3O2/c1-10-16-13-6-4-3-5-12(13)14(17-10)15-8-7-11(18)9-19-2/h11,18H,3-9H2,1-2H3,(H,15,16,17). The van der Waals surface area contributed by atoms with Gasteiger partial charge in [0.25, 0.3) is 0 Å². The first-order valence-electron chi connectivity index (χ1n) is 6.98. The quantitative estimate of drug-likeness (QED) is 0.815. The van der Waals surface area contributed by atoms with Crippen molar-refractivity contribution < 1.29 is 9.84 Å². The molecule has 5 nitrogen and oxygen atoms in total. The molecule has 1 heterocycles. The number of methoxy groups -OCH3 is 1. The van der Waals surface area contributed by atoms with E-state index in [1.807, 2.05) is 6.92 Å². The number of rotatable bonds is 6. The van der Waals surface area contributed by atoms with Crippen molar-refractivity contribution in [3.63, 3.8) is 0 Å². The van der Waals surface area contributed by atoms with Gasteiger partial charge < -0.3 is 15.2 Å². The van der Waals surface area contributed by atoms with Crippen molar-refractivity contribution in [2.75, 3.05) is 25.6 Å². The Kier molecular flexibility index (Phi) is 5.10. The van der Waals surface area contributed by atoms with E-state index in [9.17, 15) is 5.11 Å². The minimum Gasteiger partial charge on any atom is -0.391 e. The summed E-state index contributed by atoms with van der Waals surface area (Å²) in [6.45, 7) is 3.01. The van der Waals surface area contributed by atoms with E-state index in [0.717, 1.165) is 24.5 Å². The summed E-state index contributed by atoms with van der Waals surface area (Å²) >= 11 is 0. The molecule has 2 rings (SSSR count). The maximum absolute atomic E-state index is 9.62. The summed E-state index contributed by atoms with van der Waals surface area (Å²) in [6, 6.07) is 0. The van der Waals surface area contributed by atoms with Gasteiger partial charge in [-0.2, -0.15) is 0 Å². The van der Waals surface area contributed by atoms with E-state index in [-0.39, 0.29) is 0 Å². The second-order valence-corrected chi connectivity index (χ2v) is 5.08. The van der Waals surface area contributed by atoms with Gasteiger partial charge in [-0.1, -0.05) is 0 Å². The van der Waals surface area contributed by atoms with Crippen molar-refractivity contribution in [1.82, 2.24) is 9.97 Å².